The van der Waals surface area contributed by atoms with E-state index in [9.17, 15) is 9.90 Å². The van der Waals surface area contributed by atoms with Crippen molar-refractivity contribution in [2.45, 2.75) is 83.7 Å². The highest BCUT2D eigenvalue weighted by molar-refractivity contribution is 5.69. The van der Waals surface area contributed by atoms with Gasteiger partial charge in [-0.15, -0.1) is 0 Å². The van der Waals surface area contributed by atoms with Crippen LogP contribution in [-0.2, 0) is 11.2 Å². The summed E-state index contributed by atoms with van der Waals surface area (Å²) in [4.78, 5) is 14.1. The van der Waals surface area contributed by atoms with Crippen LogP contribution in [0.5, 0.6) is 11.5 Å². The van der Waals surface area contributed by atoms with E-state index in [1.165, 1.54) is 49.5 Å². The first-order valence-electron chi connectivity index (χ1n) is 14.7. The van der Waals surface area contributed by atoms with Crippen molar-refractivity contribution < 1.29 is 19.4 Å². The Morgan fingerprint density at radius 1 is 1.03 bits per heavy atom. The van der Waals surface area contributed by atoms with Crippen LogP contribution in [0.15, 0.2) is 42.5 Å². The number of likely N-dealkylation sites (tertiary alicyclic amines) is 1. The number of aliphatic hydroxyl groups is 1. The molecule has 4 aliphatic rings. The summed E-state index contributed by atoms with van der Waals surface area (Å²) in [5.41, 5.74) is 4.07. The maximum absolute atomic E-state index is 11.6. The molecule has 5 nitrogen and oxygen atoms in total. The van der Waals surface area contributed by atoms with Gasteiger partial charge >= 0.3 is 5.97 Å². The number of carbonyl (C=O) groups excluding carboxylic acids is 1. The van der Waals surface area contributed by atoms with E-state index in [1.54, 1.807) is 0 Å². The predicted molar refractivity (Wildman–Crippen MR) is 149 cm³/mol. The minimum Gasteiger partial charge on any atom is -0.492 e. The highest BCUT2D eigenvalue weighted by atomic mass is 16.5. The zero-order chi connectivity index (χ0) is 26.5. The van der Waals surface area contributed by atoms with Gasteiger partial charge < -0.3 is 14.6 Å². The Bertz CT molecular complexity index is 1170. The Balaban J connectivity index is 1.31. The lowest BCUT2D eigenvalue weighted by Gasteiger charge is -2.60. The highest BCUT2D eigenvalue weighted by Gasteiger charge is 2.62. The molecule has 2 aromatic rings. The van der Waals surface area contributed by atoms with Gasteiger partial charge in [0.05, 0.1) is 6.10 Å². The minimum atomic E-state index is -0.278. The van der Waals surface area contributed by atoms with Crippen LogP contribution in [0.25, 0.3) is 0 Å². The van der Waals surface area contributed by atoms with Crippen LogP contribution in [0.3, 0.4) is 0 Å². The third-order valence-corrected chi connectivity index (χ3v) is 10.7. The molecule has 1 N–H and O–H groups in total. The van der Waals surface area contributed by atoms with Crippen molar-refractivity contribution >= 4 is 5.97 Å². The van der Waals surface area contributed by atoms with Gasteiger partial charge in [0.25, 0.3) is 0 Å². The van der Waals surface area contributed by atoms with E-state index < -0.39 is 0 Å². The van der Waals surface area contributed by atoms with Crippen molar-refractivity contribution in [2.75, 3.05) is 26.2 Å². The summed E-state index contributed by atoms with van der Waals surface area (Å²) in [5.74, 6) is 2.48. The number of hydrogen-bond donors (Lipinski definition) is 1. The SMILES string of the molecule is CC(=O)Oc1ccc2c(c1)CC[C@@]1(C)[C@@H]3CC[C@H](O)[C@@]3(C)C[C@H](c3ccc(OCCN4CCCC4)cc3)[C@H]21. The second-order valence-corrected chi connectivity index (χ2v) is 12.9. The molecule has 0 spiro atoms. The Morgan fingerprint density at radius 3 is 2.50 bits per heavy atom. The van der Waals surface area contributed by atoms with Crippen LogP contribution < -0.4 is 9.47 Å². The van der Waals surface area contributed by atoms with E-state index in [0.29, 0.717) is 23.5 Å². The molecule has 0 aromatic heterocycles. The molecule has 1 aliphatic heterocycles. The summed E-state index contributed by atoms with van der Waals surface area (Å²) < 4.78 is 11.6. The first-order chi connectivity index (χ1) is 18.3. The fraction of sp³-hybridized carbons (Fsp3) is 0.606. The van der Waals surface area contributed by atoms with Crippen molar-refractivity contribution in [2.24, 2.45) is 16.7 Å². The van der Waals surface area contributed by atoms with Crippen molar-refractivity contribution in [1.82, 2.24) is 4.90 Å². The van der Waals surface area contributed by atoms with Crippen LogP contribution in [0.1, 0.15) is 87.8 Å². The van der Waals surface area contributed by atoms with Gasteiger partial charge in [-0.05, 0) is 128 Å². The van der Waals surface area contributed by atoms with E-state index in [0.717, 1.165) is 51.0 Å². The molecule has 3 aliphatic carbocycles. The molecule has 2 saturated carbocycles. The average Bonchev–Trinajstić information content (AvgIpc) is 3.51. The molecule has 3 fully saturated rings. The molecular weight excluding hydrogens is 474 g/mol. The van der Waals surface area contributed by atoms with Gasteiger partial charge in [0.1, 0.15) is 18.1 Å². The number of fused-ring (bicyclic) bond motifs is 5. The largest absolute Gasteiger partial charge is 0.492 e. The fourth-order valence-electron chi connectivity index (χ4n) is 8.90. The van der Waals surface area contributed by atoms with Gasteiger partial charge in [-0.3, -0.25) is 9.69 Å². The van der Waals surface area contributed by atoms with Gasteiger partial charge in [0.2, 0.25) is 0 Å². The monoisotopic (exact) mass is 517 g/mol. The number of hydrogen-bond acceptors (Lipinski definition) is 5. The quantitative estimate of drug-likeness (QED) is 0.371. The van der Waals surface area contributed by atoms with Gasteiger partial charge in [-0.2, -0.15) is 0 Å². The van der Waals surface area contributed by atoms with Crippen molar-refractivity contribution in [3.63, 3.8) is 0 Å². The zero-order valence-electron chi connectivity index (χ0n) is 23.2. The van der Waals surface area contributed by atoms with Crippen molar-refractivity contribution in [3.05, 3.63) is 59.2 Å². The van der Waals surface area contributed by atoms with Gasteiger partial charge in [-0.1, -0.05) is 32.0 Å². The summed E-state index contributed by atoms with van der Waals surface area (Å²) in [6.45, 7) is 10.4. The molecule has 1 saturated heterocycles. The lowest BCUT2D eigenvalue weighted by molar-refractivity contribution is -0.131. The second kappa shape index (κ2) is 9.98. The van der Waals surface area contributed by atoms with Crippen LogP contribution in [0.2, 0.25) is 0 Å². The zero-order valence-corrected chi connectivity index (χ0v) is 23.2. The topological polar surface area (TPSA) is 59.0 Å². The molecule has 0 unspecified atom stereocenters. The minimum absolute atomic E-state index is 0.0734. The number of ether oxygens (including phenoxy) is 2. The molecule has 2 aromatic carbocycles. The van der Waals surface area contributed by atoms with E-state index >= 15 is 0 Å². The molecular formula is C33H43NO4. The molecule has 204 valence electrons. The third kappa shape index (κ3) is 4.46. The normalized spacial score (nSPS) is 34.3. The number of rotatable bonds is 6. The number of benzene rings is 2. The maximum Gasteiger partial charge on any atom is 0.308 e. The van der Waals surface area contributed by atoms with E-state index in [-0.39, 0.29) is 22.9 Å². The molecule has 6 atom stereocenters. The summed E-state index contributed by atoms with van der Waals surface area (Å²) in [6.07, 6.45) is 7.43. The molecule has 38 heavy (non-hydrogen) atoms. The van der Waals surface area contributed by atoms with Crippen LogP contribution in [0.4, 0.5) is 0 Å². The Morgan fingerprint density at radius 2 is 1.76 bits per heavy atom. The highest BCUT2D eigenvalue weighted by Crippen LogP contribution is 2.70. The van der Waals surface area contributed by atoms with E-state index in [4.69, 9.17) is 9.47 Å². The molecule has 1 heterocycles. The van der Waals surface area contributed by atoms with Crippen molar-refractivity contribution in [1.29, 1.82) is 0 Å². The lowest BCUT2D eigenvalue weighted by Crippen LogP contribution is -2.52. The molecule has 5 heteroatoms. The Labute approximate surface area is 227 Å². The molecule has 0 amide bonds. The van der Waals surface area contributed by atoms with Gasteiger partial charge in [0, 0.05) is 13.5 Å². The summed E-state index contributed by atoms with van der Waals surface area (Å²) >= 11 is 0. The van der Waals surface area contributed by atoms with E-state index in [1.807, 2.05) is 6.07 Å². The number of nitrogens with zero attached hydrogens (tertiary/aromatic N) is 1. The number of carbonyl (C=O) groups is 1. The maximum atomic E-state index is 11.6. The van der Waals surface area contributed by atoms with E-state index in [2.05, 4.69) is 55.1 Å². The third-order valence-electron chi connectivity index (χ3n) is 10.7. The molecule has 0 bridgehead atoms. The summed E-state index contributed by atoms with van der Waals surface area (Å²) in [7, 11) is 0. The molecule has 6 rings (SSSR count). The number of esters is 1. The van der Waals surface area contributed by atoms with Crippen LogP contribution in [0, 0.1) is 16.7 Å². The lowest BCUT2D eigenvalue weighted by atomic mass is 9.44. The Hall–Kier alpha value is -2.37. The number of aryl methyl sites for hydroxylation is 1. The van der Waals surface area contributed by atoms with Crippen LogP contribution in [-0.4, -0.2) is 48.3 Å². The van der Waals surface area contributed by atoms with Crippen LogP contribution >= 0.6 is 0 Å². The predicted octanol–water partition coefficient (Wildman–Crippen LogP) is 6.09. The van der Waals surface area contributed by atoms with Gasteiger partial charge in [0.15, 0.2) is 0 Å². The summed E-state index contributed by atoms with van der Waals surface area (Å²) in [6, 6.07) is 15.1. The van der Waals surface area contributed by atoms with Gasteiger partial charge in [-0.25, -0.2) is 0 Å². The smallest absolute Gasteiger partial charge is 0.308 e. The molecule has 0 radical (unpaired) electrons. The van der Waals surface area contributed by atoms with Crippen molar-refractivity contribution in [3.8, 4) is 11.5 Å². The fourth-order valence-corrected chi connectivity index (χ4v) is 8.90. The average molecular weight is 518 g/mol. The second-order valence-electron chi connectivity index (χ2n) is 12.9. The first kappa shape index (κ1) is 25.9. The standard InChI is InChI=1S/C33H43NO4/c1-22(35)38-26-10-11-27-24(20-26)14-15-32(2)29-12-13-30(36)33(29,3)21-28(31(27)32)23-6-8-25(9-7-23)37-19-18-34-16-4-5-17-34/h6-11,20,28-31,36H,4-5,12-19,21H2,1-3H3/t28-,29+,30+,31+,32+,33+/m1/s1. The Kier molecular flexibility index (Phi) is 6.80. The summed E-state index contributed by atoms with van der Waals surface area (Å²) in [5, 5.41) is 11.2. The number of aliphatic hydroxyl groups excluding tert-OH is 1. The first-order valence-corrected chi connectivity index (χ1v) is 14.7.